The van der Waals surface area contributed by atoms with Gasteiger partial charge in [0.05, 0.1) is 6.04 Å². The number of nitrogens with zero attached hydrogens (tertiary/aromatic N) is 2. The number of amides is 1. The number of carbonyl (C=O) groups is 1. The van der Waals surface area contributed by atoms with Gasteiger partial charge >= 0.3 is 0 Å². The summed E-state index contributed by atoms with van der Waals surface area (Å²) in [6.07, 6.45) is 18.9. The fourth-order valence-corrected chi connectivity index (χ4v) is 3.73. The van der Waals surface area contributed by atoms with Crippen LogP contribution < -0.4 is 5.73 Å². The molecule has 0 aromatic heterocycles. The van der Waals surface area contributed by atoms with Crippen molar-refractivity contribution in [2.75, 3.05) is 14.1 Å². The Morgan fingerprint density at radius 3 is 1.58 bits per heavy atom. The van der Waals surface area contributed by atoms with Crippen LogP contribution in [0, 0.1) is 0 Å². The third kappa shape index (κ3) is 7.52. The number of hydrogen-bond acceptors (Lipinski definition) is 3. The largest absolute Gasteiger partial charge is 0.318 e. The molecule has 1 rings (SSSR count). The molecule has 24 heavy (non-hydrogen) atoms. The lowest BCUT2D eigenvalue weighted by Crippen LogP contribution is -2.39. The number of rotatable bonds is 14. The Hall–Kier alpha value is -0.610. The van der Waals surface area contributed by atoms with E-state index in [1.807, 2.05) is 19.1 Å². The second-order valence-electron chi connectivity index (χ2n) is 7.56. The number of nitrogens with two attached hydrogens (primary N) is 1. The predicted molar refractivity (Wildman–Crippen MR) is 103 cm³/mol. The van der Waals surface area contributed by atoms with E-state index in [1.54, 1.807) is 5.01 Å². The molecule has 0 unspecified atom stereocenters. The molecular weight excluding hydrogens is 298 g/mol. The van der Waals surface area contributed by atoms with Crippen molar-refractivity contribution in [3.05, 3.63) is 0 Å². The Morgan fingerprint density at radius 1 is 0.792 bits per heavy atom. The van der Waals surface area contributed by atoms with Crippen molar-refractivity contribution in [1.29, 1.82) is 0 Å². The molecule has 0 aromatic carbocycles. The Balaban J connectivity index is 1.88. The standard InChI is InChI=1S/C20H41N3O/c1-4-5-6-7-8-9-10-11-12-13-14-15-16-17-18-19(21)20(24)23(3)22(18)2/h18-19H,4-17,21H2,1-3H3/t18-,19-/m1/s1. The van der Waals surface area contributed by atoms with Gasteiger partial charge in [-0.3, -0.25) is 9.80 Å². The van der Waals surface area contributed by atoms with E-state index >= 15 is 0 Å². The SMILES string of the molecule is CCCCCCCCCCCCCCC[C@@H]1[C@@H](N)C(=O)N(C)N1C. The third-order valence-corrected chi connectivity index (χ3v) is 5.58. The van der Waals surface area contributed by atoms with Crippen molar-refractivity contribution in [1.82, 2.24) is 10.0 Å². The summed E-state index contributed by atoms with van der Waals surface area (Å²) in [6, 6.07) is -0.146. The normalized spacial score (nSPS) is 21.8. The highest BCUT2D eigenvalue weighted by Crippen LogP contribution is 2.21. The van der Waals surface area contributed by atoms with Crippen molar-refractivity contribution < 1.29 is 4.79 Å². The molecule has 0 saturated carbocycles. The first-order chi connectivity index (χ1) is 11.6. The van der Waals surface area contributed by atoms with Crippen molar-refractivity contribution >= 4 is 5.91 Å². The van der Waals surface area contributed by atoms with Crippen LogP contribution in [-0.2, 0) is 4.79 Å². The van der Waals surface area contributed by atoms with Crippen LogP contribution in [0.4, 0.5) is 0 Å². The molecule has 0 bridgehead atoms. The van der Waals surface area contributed by atoms with Gasteiger partial charge < -0.3 is 5.73 Å². The topological polar surface area (TPSA) is 49.6 Å². The Labute approximate surface area is 150 Å². The summed E-state index contributed by atoms with van der Waals surface area (Å²) in [7, 11) is 3.78. The molecular formula is C20H41N3O. The van der Waals surface area contributed by atoms with Gasteiger partial charge in [0.1, 0.15) is 6.04 Å². The van der Waals surface area contributed by atoms with Crippen molar-refractivity contribution in [3.63, 3.8) is 0 Å². The van der Waals surface area contributed by atoms with Crippen LogP contribution in [-0.4, -0.2) is 42.1 Å². The van der Waals surface area contributed by atoms with Gasteiger partial charge in [-0.15, -0.1) is 0 Å². The molecule has 2 atom stereocenters. The lowest BCUT2D eigenvalue weighted by Gasteiger charge is -2.25. The highest BCUT2D eigenvalue weighted by Gasteiger charge is 2.39. The minimum Gasteiger partial charge on any atom is -0.318 e. The van der Waals surface area contributed by atoms with Gasteiger partial charge in [-0.05, 0) is 6.42 Å². The van der Waals surface area contributed by atoms with E-state index in [4.69, 9.17) is 5.73 Å². The van der Waals surface area contributed by atoms with Gasteiger partial charge in [0, 0.05) is 14.1 Å². The van der Waals surface area contributed by atoms with E-state index < -0.39 is 0 Å². The first-order valence-electron chi connectivity index (χ1n) is 10.4. The van der Waals surface area contributed by atoms with Gasteiger partial charge in [-0.25, -0.2) is 5.01 Å². The lowest BCUT2D eigenvalue weighted by molar-refractivity contribution is -0.135. The molecule has 0 aromatic rings. The van der Waals surface area contributed by atoms with E-state index in [1.165, 1.54) is 83.5 Å². The predicted octanol–water partition coefficient (Wildman–Crippen LogP) is 4.48. The number of hydrogen-bond donors (Lipinski definition) is 1. The average molecular weight is 340 g/mol. The van der Waals surface area contributed by atoms with Gasteiger partial charge in [0.2, 0.25) is 0 Å². The quantitative estimate of drug-likeness (QED) is 0.475. The first-order valence-corrected chi connectivity index (χ1v) is 10.4. The monoisotopic (exact) mass is 339 g/mol. The molecule has 2 N–H and O–H groups in total. The molecule has 1 amide bonds. The molecule has 142 valence electrons. The summed E-state index contributed by atoms with van der Waals surface area (Å²) in [6.45, 7) is 2.28. The number of likely N-dealkylation sites (N-methyl/N-ethyl adjacent to an activating group) is 2. The van der Waals surface area contributed by atoms with E-state index in [0.29, 0.717) is 0 Å². The van der Waals surface area contributed by atoms with Gasteiger partial charge in [0.15, 0.2) is 0 Å². The van der Waals surface area contributed by atoms with Crippen LogP contribution in [0.2, 0.25) is 0 Å². The fourth-order valence-electron chi connectivity index (χ4n) is 3.73. The minimum atomic E-state index is -0.336. The maximum Gasteiger partial charge on any atom is 0.255 e. The second kappa shape index (κ2) is 12.7. The molecule has 0 aliphatic carbocycles. The van der Waals surface area contributed by atoms with E-state index in [2.05, 4.69) is 6.92 Å². The molecule has 1 aliphatic heterocycles. The molecule has 4 nitrogen and oxygen atoms in total. The molecule has 1 fully saturated rings. The van der Waals surface area contributed by atoms with Gasteiger partial charge in [0.25, 0.3) is 5.91 Å². The zero-order chi connectivity index (χ0) is 17.8. The van der Waals surface area contributed by atoms with Crippen LogP contribution in [0.25, 0.3) is 0 Å². The Morgan fingerprint density at radius 2 is 1.21 bits per heavy atom. The summed E-state index contributed by atoms with van der Waals surface area (Å²) < 4.78 is 0. The Bertz CT molecular complexity index is 335. The maximum absolute atomic E-state index is 11.8. The van der Waals surface area contributed by atoms with E-state index in [0.717, 1.165) is 6.42 Å². The maximum atomic E-state index is 11.8. The van der Waals surface area contributed by atoms with Crippen LogP contribution >= 0.6 is 0 Å². The second-order valence-corrected chi connectivity index (χ2v) is 7.56. The number of carbonyl (C=O) groups excluding carboxylic acids is 1. The smallest absolute Gasteiger partial charge is 0.255 e. The molecule has 0 radical (unpaired) electrons. The van der Waals surface area contributed by atoms with E-state index in [9.17, 15) is 4.79 Å². The molecule has 1 saturated heterocycles. The number of hydrazine groups is 1. The zero-order valence-electron chi connectivity index (χ0n) is 16.4. The Kier molecular flexibility index (Phi) is 11.4. The van der Waals surface area contributed by atoms with Crippen LogP contribution in [0.15, 0.2) is 0 Å². The highest BCUT2D eigenvalue weighted by atomic mass is 16.2. The van der Waals surface area contributed by atoms with Gasteiger partial charge in [-0.1, -0.05) is 90.4 Å². The van der Waals surface area contributed by atoms with Crippen LogP contribution in [0.5, 0.6) is 0 Å². The van der Waals surface area contributed by atoms with Crippen molar-refractivity contribution in [2.45, 2.75) is 109 Å². The lowest BCUT2D eigenvalue weighted by atomic mass is 10.0. The van der Waals surface area contributed by atoms with Gasteiger partial charge in [-0.2, -0.15) is 0 Å². The van der Waals surface area contributed by atoms with Crippen LogP contribution in [0.3, 0.4) is 0 Å². The van der Waals surface area contributed by atoms with E-state index in [-0.39, 0.29) is 18.0 Å². The molecule has 1 aliphatic rings. The minimum absolute atomic E-state index is 0.0530. The summed E-state index contributed by atoms with van der Waals surface area (Å²) in [5, 5.41) is 3.67. The van der Waals surface area contributed by atoms with Crippen molar-refractivity contribution in [2.24, 2.45) is 5.73 Å². The average Bonchev–Trinajstić information content (AvgIpc) is 2.76. The summed E-state index contributed by atoms with van der Waals surface area (Å²) >= 11 is 0. The summed E-state index contributed by atoms with van der Waals surface area (Å²) in [5.41, 5.74) is 6.02. The zero-order valence-corrected chi connectivity index (χ0v) is 16.4. The summed E-state index contributed by atoms with van der Waals surface area (Å²) in [5.74, 6) is 0.0530. The van der Waals surface area contributed by atoms with Crippen molar-refractivity contribution in [3.8, 4) is 0 Å². The fraction of sp³-hybridized carbons (Fsp3) is 0.950. The highest BCUT2D eigenvalue weighted by molar-refractivity contribution is 5.83. The third-order valence-electron chi connectivity index (χ3n) is 5.58. The molecule has 0 spiro atoms. The first kappa shape index (κ1) is 21.4. The number of unbranched alkanes of at least 4 members (excludes halogenated alkanes) is 12. The molecule has 1 heterocycles. The van der Waals surface area contributed by atoms with Crippen LogP contribution in [0.1, 0.15) is 96.8 Å². The molecule has 4 heteroatoms. The summed E-state index contributed by atoms with van der Waals surface area (Å²) in [4.78, 5) is 11.8.